The maximum absolute atomic E-state index is 15.3. The van der Waals surface area contributed by atoms with Gasteiger partial charge in [0.1, 0.15) is 5.82 Å². The predicted octanol–water partition coefficient (Wildman–Crippen LogP) is 5.98. The lowest BCUT2D eigenvalue weighted by Gasteiger charge is -2.30. The van der Waals surface area contributed by atoms with E-state index >= 15 is 4.39 Å². The molecule has 3 aromatic carbocycles. The van der Waals surface area contributed by atoms with Crippen molar-refractivity contribution in [3.05, 3.63) is 84.2 Å². The molecular formula is C29H28FN3O3. The number of hydrogen-bond donors (Lipinski definition) is 0. The summed E-state index contributed by atoms with van der Waals surface area (Å²) < 4.78 is 25.9. The summed E-state index contributed by atoms with van der Waals surface area (Å²) in [6.07, 6.45) is 1.65. The van der Waals surface area contributed by atoms with Crippen molar-refractivity contribution in [3.63, 3.8) is 0 Å². The number of hydrogen-bond acceptors (Lipinski definition) is 6. The van der Waals surface area contributed by atoms with Crippen LogP contribution in [0.15, 0.2) is 77.3 Å². The van der Waals surface area contributed by atoms with Crippen LogP contribution in [-0.4, -0.2) is 40.7 Å². The van der Waals surface area contributed by atoms with Crippen LogP contribution >= 0.6 is 0 Å². The summed E-state index contributed by atoms with van der Waals surface area (Å²) in [5, 5.41) is 4.08. The van der Waals surface area contributed by atoms with Crippen molar-refractivity contribution < 1.29 is 18.4 Å². The normalized spacial score (nSPS) is 14.6. The van der Waals surface area contributed by atoms with Crippen molar-refractivity contribution in [2.75, 3.05) is 19.7 Å². The van der Waals surface area contributed by atoms with Crippen LogP contribution in [0.25, 0.3) is 34.0 Å². The Morgan fingerprint density at radius 1 is 0.972 bits per heavy atom. The number of piperidine rings is 1. The smallest absolute Gasteiger partial charge is 0.309 e. The molecule has 1 fully saturated rings. The zero-order valence-corrected chi connectivity index (χ0v) is 20.2. The predicted molar refractivity (Wildman–Crippen MR) is 135 cm³/mol. The maximum atomic E-state index is 15.3. The summed E-state index contributed by atoms with van der Waals surface area (Å²) in [6, 6.07) is 22.5. The van der Waals surface area contributed by atoms with Crippen LogP contribution in [0.5, 0.6) is 0 Å². The molecule has 0 atom stereocenters. The summed E-state index contributed by atoms with van der Waals surface area (Å²) in [4.78, 5) is 18.8. The van der Waals surface area contributed by atoms with Gasteiger partial charge in [0.15, 0.2) is 0 Å². The highest BCUT2D eigenvalue weighted by Crippen LogP contribution is 2.31. The molecule has 0 amide bonds. The Bertz CT molecular complexity index is 1310. The average Bonchev–Trinajstić information content (AvgIpc) is 3.40. The minimum Gasteiger partial charge on any atom is -0.466 e. The lowest BCUT2D eigenvalue weighted by molar-refractivity contribution is -0.149. The Balaban J connectivity index is 1.25. The molecule has 6 nitrogen and oxygen atoms in total. The minimum absolute atomic E-state index is 0.00855. The maximum Gasteiger partial charge on any atom is 0.309 e. The second-order valence-corrected chi connectivity index (χ2v) is 8.96. The summed E-state index contributed by atoms with van der Waals surface area (Å²) in [7, 11) is 0. The highest BCUT2D eigenvalue weighted by molar-refractivity contribution is 5.73. The lowest BCUT2D eigenvalue weighted by atomic mass is 9.96. The van der Waals surface area contributed by atoms with Crippen molar-refractivity contribution in [1.82, 2.24) is 15.0 Å². The first kappa shape index (κ1) is 23.9. The Morgan fingerprint density at radius 3 is 2.42 bits per heavy atom. The monoisotopic (exact) mass is 485 g/mol. The molecule has 0 spiro atoms. The largest absolute Gasteiger partial charge is 0.466 e. The Labute approximate surface area is 209 Å². The third-order valence-electron chi connectivity index (χ3n) is 6.57. The van der Waals surface area contributed by atoms with E-state index in [2.05, 4.69) is 15.0 Å². The molecular weight excluding hydrogens is 457 g/mol. The van der Waals surface area contributed by atoms with Gasteiger partial charge in [0.2, 0.25) is 5.82 Å². The number of ether oxygens (including phenoxy) is 1. The number of carbonyl (C=O) groups excluding carboxylic acids is 1. The number of halogens is 1. The molecule has 0 N–H and O–H groups in total. The van der Waals surface area contributed by atoms with E-state index in [4.69, 9.17) is 9.26 Å². The molecule has 1 aliphatic heterocycles. The van der Waals surface area contributed by atoms with Gasteiger partial charge in [-0.1, -0.05) is 71.9 Å². The molecule has 0 saturated carbocycles. The third kappa shape index (κ3) is 5.21. The van der Waals surface area contributed by atoms with Gasteiger partial charge in [0, 0.05) is 17.7 Å². The molecule has 7 heteroatoms. The van der Waals surface area contributed by atoms with Gasteiger partial charge in [-0.05, 0) is 50.0 Å². The fourth-order valence-corrected chi connectivity index (χ4v) is 4.59. The first-order valence-electron chi connectivity index (χ1n) is 12.3. The fourth-order valence-electron chi connectivity index (χ4n) is 4.59. The molecule has 4 aromatic rings. The number of nitrogens with zero attached hydrogens (tertiary/aromatic N) is 3. The first-order chi connectivity index (χ1) is 17.6. The van der Waals surface area contributed by atoms with E-state index in [-0.39, 0.29) is 29.2 Å². The van der Waals surface area contributed by atoms with Gasteiger partial charge in [-0.25, -0.2) is 4.39 Å². The first-order valence-corrected chi connectivity index (χ1v) is 12.3. The highest BCUT2D eigenvalue weighted by Gasteiger charge is 2.26. The number of aromatic nitrogens is 2. The van der Waals surface area contributed by atoms with Crippen LogP contribution in [0.4, 0.5) is 4.39 Å². The average molecular weight is 486 g/mol. The van der Waals surface area contributed by atoms with Crippen molar-refractivity contribution in [1.29, 1.82) is 0 Å². The number of rotatable bonds is 7. The SMILES string of the molecule is CCOC(=O)C1CCN(Cc2ccc(-c3noc(-c4cccc(-c5ccccc5)c4F)n3)cc2)CC1. The molecule has 0 radical (unpaired) electrons. The van der Waals surface area contributed by atoms with Crippen LogP contribution < -0.4 is 0 Å². The minimum atomic E-state index is -0.388. The zero-order valence-electron chi connectivity index (χ0n) is 20.2. The van der Waals surface area contributed by atoms with Crippen molar-refractivity contribution in [2.24, 2.45) is 5.92 Å². The molecule has 184 valence electrons. The molecule has 1 aromatic heterocycles. The van der Waals surface area contributed by atoms with E-state index in [1.54, 1.807) is 18.2 Å². The lowest BCUT2D eigenvalue weighted by Crippen LogP contribution is -2.36. The van der Waals surface area contributed by atoms with Crippen LogP contribution in [0.2, 0.25) is 0 Å². The van der Waals surface area contributed by atoms with Crippen LogP contribution in [0.1, 0.15) is 25.3 Å². The number of carbonyl (C=O) groups is 1. The van der Waals surface area contributed by atoms with Crippen LogP contribution in [-0.2, 0) is 16.1 Å². The highest BCUT2D eigenvalue weighted by atomic mass is 19.1. The Morgan fingerprint density at radius 2 is 1.69 bits per heavy atom. The Kier molecular flexibility index (Phi) is 7.18. The van der Waals surface area contributed by atoms with Crippen LogP contribution in [0, 0.1) is 11.7 Å². The molecule has 0 bridgehead atoms. The van der Waals surface area contributed by atoms with E-state index in [1.165, 1.54) is 5.56 Å². The summed E-state index contributed by atoms with van der Waals surface area (Å²) in [5.41, 5.74) is 3.52. The van der Waals surface area contributed by atoms with Gasteiger partial charge >= 0.3 is 5.97 Å². The summed E-state index contributed by atoms with van der Waals surface area (Å²) in [5.74, 6) is 0.105. The summed E-state index contributed by atoms with van der Waals surface area (Å²) >= 11 is 0. The molecule has 5 rings (SSSR count). The molecule has 0 aliphatic carbocycles. The Hall–Kier alpha value is -3.84. The molecule has 1 aliphatic rings. The van der Waals surface area contributed by atoms with Gasteiger partial charge in [-0.3, -0.25) is 9.69 Å². The van der Waals surface area contributed by atoms with Gasteiger partial charge in [-0.2, -0.15) is 4.98 Å². The second-order valence-electron chi connectivity index (χ2n) is 8.96. The number of benzene rings is 3. The van der Waals surface area contributed by atoms with Gasteiger partial charge in [0.25, 0.3) is 5.89 Å². The van der Waals surface area contributed by atoms with Gasteiger partial charge in [0.05, 0.1) is 18.1 Å². The van der Waals surface area contributed by atoms with E-state index in [0.29, 0.717) is 18.0 Å². The van der Waals surface area contributed by atoms with E-state index in [0.717, 1.165) is 43.6 Å². The van der Waals surface area contributed by atoms with Gasteiger partial charge < -0.3 is 9.26 Å². The fraction of sp³-hybridized carbons (Fsp3) is 0.276. The number of likely N-dealkylation sites (tertiary alicyclic amines) is 1. The number of esters is 1. The topological polar surface area (TPSA) is 68.5 Å². The molecule has 36 heavy (non-hydrogen) atoms. The molecule has 1 saturated heterocycles. The van der Waals surface area contributed by atoms with E-state index in [9.17, 15) is 4.79 Å². The summed E-state index contributed by atoms with van der Waals surface area (Å²) in [6.45, 7) is 4.82. The molecule has 0 unspecified atom stereocenters. The van der Waals surface area contributed by atoms with E-state index < -0.39 is 0 Å². The van der Waals surface area contributed by atoms with Crippen molar-refractivity contribution >= 4 is 5.97 Å². The van der Waals surface area contributed by atoms with Crippen molar-refractivity contribution in [2.45, 2.75) is 26.3 Å². The van der Waals surface area contributed by atoms with Crippen molar-refractivity contribution in [3.8, 4) is 34.0 Å². The van der Waals surface area contributed by atoms with Crippen LogP contribution in [0.3, 0.4) is 0 Å². The van der Waals surface area contributed by atoms with Gasteiger partial charge in [-0.15, -0.1) is 0 Å². The quantitative estimate of drug-likeness (QED) is 0.300. The standard InChI is InChI=1S/C29H28FN3O3/c1-2-35-29(34)23-15-17-33(18-16-23)19-20-11-13-22(14-12-20)27-31-28(36-32-27)25-10-6-9-24(26(25)30)21-7-4-3-5-8-21/h3-14,23H,2,15-19H2,1H3. The molecule has 2 heterocycles. The van der Waals surface area contributed by atoms with E-state index in [1.807, 2.05) is 61.5 Å². The zero-order chi connectivity index (χ0) is 24.9. The second kappa shape index (κ2) is 10.8. The third-order valence-corrected chi connectivity index (χ3v) is 6.57.